The summed E-state index contributed by atoms with van der Waals surface area (Å²) < 4.78 is 6.68. The average Bonchev–Trinajstić information content (AvgIpc) is 3.17. The number of carbonyl (C=O) groups excluding carboxylic acids is 2. The van der Waals surface area contributed by atoms with Gasteiger partial charge in [0.05, 0.1) is 47.2 Å². The second-order valence-electron chi connectivity index (χ2n) is 7.14. The average molecular weight is 394 g/mol. The van der Waals surface area contributed by atoms with E-state index in [2.05, 4.69) is 15.4 Å². The van der Waals surface area contributed by atoms with E-state index in [4.69, 9.17) is 4.74 Å². The molecule has 29 heavy (non-hydrogen) atoms. The predicted molar refractivity (Wildman–Crippen MR) is 112 cm³/mol. The third-order valence-corrected chi connectivity index (χ3v) is 5.12. The number of aromatic amines is 1. The zero-order valence-corrected chi connectivity index (χ0v) is 17.6. The number of para-hydroxylation sites is 1. The van der Waals surface area contributed by atoms with Crippen molar-refractivity contribution < 1.29 is 14.3 Å². The van der Waals surface area contributed by atoms with Crippen molar-refractivity contribution in [3.8, 4) is 5.69 Å². The predicted octanol–water partition coefficient (Wildman–Crippen LogP) is 3.90. The number of ether oxygens (including phenoxy) is 1. The Bertz CT molecular complexity index is 1060. The first kappa shape index (κ1) is 20.4. The summed E-state index contributed by atoms with van der Waals surface area (Å²) in [6.45, 7) is 9.18. The molecule has 0 saturated heterocycles. The lowest BCUT2D eigenvalue weighted by Crippen LogP contribution is -2.27. The standard InChI is InChI=1S/C22H26N4O3/c1-12-18(22(28)29-6)13(2)23-19(12)21(27)15(4)24-20-14(3)25-26(16(20)5)17-10-8-7-9-11-17/h7-11,15,23-24H,1-6H3. The first-order chi connectivity index (χ1) is 13.8. The molecule has 2 N–H and O–H groups in total. The van der Waals surface area contributed by atoms with Gasteiger partial charge < -0.3 is 15.0 Å². The number of nitrogens with zero attached hydrogens (tertiary/aromatic N) is 2. The molecule has 1 aromatic carbocycles. The van der Waals surface area contributed by atoms with Gasteiger partial charge in [0, 0.05) is 5.69 Å². The lowest BCUT2D eigenvalue weighted by molar-refractivity contribution is 0.0599. The number of anilines is 1. The number of esters is 1. The van der Waals surface area contributed by atoms with Crippen molar-refractivity contribution in [3.63, 3.8) is 0 Å². The van der Waals surface area contributed by atoms with Crippen LogP contribution >= 0.6 is 0 Å². The van der Waals surface area contributed by atoms with Crippen molar-refractivity contribution in [2.45, 2.75) is 40.7 Å². The number of aromatic nitrogens is 3. The molecule has 0 aliphatic carbocycles. The summed E-state index contributed by atoms with van der Waals surface area (Å²) in [4.78, 5) is 28.1. The lowest BCUT2D eigenvalue weighted by atomic mass is 10.0. The van der Waals surface area contributed by atoms with Gasteiger partial charge in [0.25, 0.3) is 0 Å². The second-order valence-corrected chi connectivity index (χ2v) is 7.14. The zero-order chi connectivity index (χ0) is 21.3. The van der Waals surface area contributed by atoms with Crippen LogP contribution in [0.4, 0.5) is 5.69 Å². The Morgan fingerprint density at radius 1 is 1.14 bits per heavy atom. The molecule has 1 atom stereocenters. The van der Waals surface area contributed by atoms with Crippen LogP contribution in [-0.2, 0) is 4.74 Å². The molecule has 0 aliphatic heterocycles. The SMILES string of the molecule is COC(=O)c1c(C)[nH]c(C(=O)C(C)Nc2c(C)nn(-c3ccccc3)c2C)c1C. The fourth-order valence-corrected chi connectivity index (χ4v) is 3.58. The molecular formula is C22H26N4O3. The Balaban J connectivity index is 1.88. The largest absolute Gasteiger partial charge is 0.465 e. The number of carbonyl (C=O) groups is 2. The zero-order valence-electron chi connectivity index (χ0n) is 17.6. The van der Waals surface area contributed by atoms with Gasteiger partial charge >= 0.3 is 5.97 Å². The van der Waals surface area contributed by atoms with Crippen LogP contribution in [0.2, 0.25) is 0 Å². The number of aryl methyl sites for hydroxylation is 2. The molecule has 2 aromatic heterocycles. The minimum absolute atomic E-state index is 0.132. The molecular weight excluding hydrogens is 368 g/mol. The van der Waals surface area contributed by atoms with Crippen LogP contribution in [0.1, 0.15) is 50.4 Å². The number of H-pyrrole nitrogens is 1. The maximum atomic E-state index is 13.1. The van der Waals surface area contributed by atoms with Crippen molar-refractivity contribution in [1.82, 2.24) is 14.8 Å². The maximum Gasteiger partial charge on any atom is 0.339 e. The quantitative estimate of drug-likeness (QED) is 0.489. The molecule has 3 rings (SSSR count). The first-order valence-corrected chi connectivity index (χ1v) is 9.46. The van der Waals surface area contributed by atoms with Gasteiger partial charge in [-0.1, -0.05) is 18.2 Å². The van der Waals surface area contributed by atoms with Crippen molar-refractivity contribution in [2.24, 2.45) is 0 Å². The Morgan fingerprint density at radius 2 is 1.79 bits per heavy atom. The minimum atomic E-state index is -0.511. The van der Waals surface area contributed by atoms with E-state index in [0.717, 1.165) is 22.8 Å². The van der Waals surface area contributed by atoms with Crippen molar-refractivity contribution >= 4 is 17.4 Å². The van der Waals surface area contributed by atoms with Gasteiger partial charge in [-0.25, -0.2) is 9.48 Å². The van der Waals surface area contributed by atoms with E-state index in [1.807, 2.05) is 48.9 Å². The van der Waals surface area contributed by atoms with Crippen LogP contribution in [-0.4, -0.2) is 39.7 Å². The number of hydrogen-bond acceptors (Lipinski definition) is 5. The number of Topliss-reactive ketones (excluding diaryl/α,β-unsaturated/α-hetero) is 1. The molecule has 2 heterocycles. The van der Waals surface area contributed by atoms with Crippen molar-refractivity contribution in [1.29, 1.82) is 0 Å². The normalized spacial score (nSPS) is 11.9. The molecule has 0 saturated carbocycles. The summed E-state index contributed by atoms with van der Waals surface area (Å²) >= 11 is 0. The highest BCUT2D eigenvalue weighted by atomic mass is 16.5. The van der Waals surface area contributed by atoms with Crippen LogP contribution < -0.4 is 5.32 Å². The summed E-state index contributed by atoms with van der Waals surface area (Å²) in [6.07, 6.45) is 0. The summed E-state index contributed by atoms with van der Waals surface area (Å²) in [5.41, 5.74) is 5.54. The lowest BCUT2D eigenvalue weighted by Gasteiger charge is -2.15. The molecule has 7 nitrogen and oxygen atoms in total. The van der Waals surface area contributed by atoms with Gasteiger partial charge in [0.1, 0.15) is 0 Å². The minimum Gasteiger partial charge on any atom is -0.465 e. The van der Waals surface area contributed by atoms with Crippen molar-refractivity contribution in [3.05, 3.63) is 64.2 Å². The third kappa shape index (κ3) is 3.68. The molecule has 152 valence electrons. The van der Waals surface area contributed by atoms with Gasteiger partial charge in [-0.15, -0.1) is 0 Å². The van der Waals surface area contributed by atoms with E-state index in [-0.39, 0.29) is 5.78 Å². The molecule has 0 radical (unpaired) electrons. The van der Waals surface area contributed by atoms with E-state index in [1.165, 1.54) is 7.11 Å². The molecule has 0 fully saturated rings. The molecule has 7 heteroatoms. The highest BCUT2D eigenvalue weighted by Gasteiger charge is 2.26. The van der Waals surface area contributed by atoms with Gasteiger partial charge in [0.2, 0.25) is 5.78 Å². The summed E-state index contributed by atoms with van der Waals surface area (Å²) in [7, 11) is 1.33. The van der Waals surface area contributed by atoms with E-state index >= 15 is 0 Å². The van der Waals surface area contributed by atoms with Gasteiger partial charge in [-0.3, -0.25) is 4.79 Å². The Hall–Kier alpha value is -3.35. The topological polar surface area (TPSA) is 89.0 Å². The number of ketones is 1. The van der Waals surface area contributed by atoms with Gasteiger partial charge in [-0.05, 0) is 52.3 Å². The van der Waals surface area contributed by atoms with Gasteiger partial charge in [0.15, 0.2) is 0 Å². The Labute approximate surface area is 170 Å². The van der Waals surface area contributed by atoms with Gasteiger partial charge in [-0.2, -0.15) is 5.10 Å². The fourth-order valence-electron chi connectivity index (χ4n) is 3.58. The molecule has 0 amide bonds. The Kier molecular flexibility index (Phi) is 5.59. The van der Waals surface area contributed by atoms with Crippen LogP contribution in [0.3, 0.4) is 0 Å². The Morgan fingerprint density at radius 3 is 2.41 bits per heavy atom. The fraction of sp³-hybridized carbons (Fsp3) is 0.318. The van der Waals surface area contributed by atoms with Crippen LogP contribution in [0.15, 0.2) is 30.3 Å². The summed E-state index contributed by atoms with van der Waals surface area (Å²) in [5, 5.41) is 7.91. The number of methoxy groups -OCH3 is 1. The van der Waals surface area contributed by atoms with Crippen LogP contribution in [0.25, 0.3) is 5.69 Å². The highest BCUT2D eigenvalue weighted by Crippen LogP contribution is 2.25. The number of rotatable bonds is 6. The number of hydrogen-bond donors (Lipinski definition) is 2. The molecule has 0 aliphatic rings. The highest BCUT2D eigenvalue weighted by molar-refractivity contribution is 6.04. The third-order valence-electron chi connectivity index (χ3n) is 5.12. The number of nitrogens with one attached hydrogen (secondary N) is 2. The van der Waals surface area contributed by atoms with Crippen molar-refractivity contribution in [2.75, 3.05) is 12.4 Å². The molecule has 1 unspecified atom stereocenters. The van der Waals surface area contributed by atoms with E-state index in [1.54, 1.807) is 20.8 Å². The maximum absolute atomic E-state index is 13.1. The number of benzene rings is 1. The summed E-state index contributed by atoms with van der Waals surface area (Å²) in [6, 6.07) is 9.33. The van der Waals surface area contributed by atoms with E-state index < -0.39 is 12.0 Å². The first-order valence-electron chi connectivity index (χ1n) is 9.46. The van der Waals surface area contributed by atoms with E-state index in [9.17, 15) is 9.59 Å². The molecule has 3 aromatic rings. The smallest absolute Gasteiger partial charge is 0.339 e. The van der Waals surface area contributed by atoms with E-state index in [0.29, 0.717) is 22.5 Å². The summed E-state index contributed by atoms with van der Waals surface area (Å²) in [5.74, 6) is -0.584. The van der Waals surface area contributed by atoms with Crippen LogP contribution in [0.5, 0.6) is 0 Å². The second kappa shape index (κ2) is 7.95. The van der Waals surface area contributed by atoms with Crippen LogP contribution in [0, 0.1) is 27.7 Å². The molecule has 0 bridgehead atoms. The molecule has 0 spiro atoms. The monoisotopic (exact) mass is 394 g/mol.